The number of hydrogen-bond acceptors (Lipinski definition) is 6. The van der Waals surface area contributed by atoms with Gasteiger partial charge in [0, 0.05) is 11.1 Å². The second kappa shape index (κ2) is 11.8. The van der Waals surface area contributed by atoms with Crippen LogP contribution in [0.4, 0.5) is 5.69 Å². The van der Waals surface area contributed by atoms with Crippen molar-refractivity contribution in [2.24, 2.45) is 0 Å². The van der Waals surface area contributed by atoms with Crippen molar-refractivity contribution >= 4 is 34.3 Å². The van der Waals surface area contributed by atoms with Gasteiger partial charge in [-0.05, 0) is 73.5 Å². The Hall–Kier alpha value is -3.71. The molecule has 0 bridgehead atoms. The molecule has 0 unspecified atom stereocenters. The predicted molar refractivity (Wildman–Crippen MR) is 146 cm³/mol. The number of methoxy groups -OCH3 is 2. The van der Waals surface area contributed by atoms with Crippen LogP contribution in [0.5, 0.6) is 17.2 Å². The van der Waals surface area contributed by atoms with Gasteiger partial charge in [0.2, 0.25) is 5.91 Å². The van der Waals surface area contributed by atoms with Crippen LogP contribution >= 0.6 is 11.8 Å². The summed E-state index contributed by atoms with van der Waals surface area (Å²) in [6.07, 6.45) is 0. The van der Waals surface area contributed by atoms with Crippen LogP contribution in [-0.4, -0.2) is 37.5 Å². The number of amides is 1. The van der Waals surface area contributed by atoms with Gasteiger partial charge in [0.25, 0.3) is 0 Å². The molecule has 7 heteroatoms. The molecule has 0 fully saturated rings. The maximum Gasteiger partial charge on any atom is 0.237 e. The lowest BCUT2D eigenvalue weighted by Crippen LogP contribution is -2.32. The summed E-state index contributed by atoms with van der Waals surface area (Å²) < 4.78 is 16.4. The second-order valence-electron chi connectivity index (χ2n) is 8.19. The molecule has 0 aliphatic carbocycles. The number of carbonyl (C=O) groups excluding carboxylic acids is 1. The van der Waals surface area contributed by atoms with Gasteiger partial charge in [-0.3, -0.25) is 4.79 Å². The second-order valence-corrected chi connectivity index (χ2v) is 9.16. The van der Waals surface area contributed by atoms with Gasteiger partial charge in [-0.2, -0.15) is 0 Å². The molecule has 186 valence electrons. The average molecular weight is 503 g/mol. The molecule has 0 radical (unpaired) electrons. The maximum atomic E-state index is 13.5. The van der Waals surface area contributed by atoms with Gasteiger partial charge in [-0.1, -0.05) is 36.0 Å². The van der Waals surface area contributed by atoms with E-state index in [1.54, 1.807) is 19.1 Å². The number of thioether (sulfide) groups is 1. The van der Waals surface area contributed by atoms with Crippen LogP contribution in [0.1, 0.15) is 18.1 Å². The zero-order valence-corrected chi connectivity index (χ0v) is 21.8. The summed E-state index contributed by atoms with van der Waals surface area (Å²) in [4.78, 5) is 20.1. The lowest BCUT2D eigenvalue weighted by Gasteiger charge is -2.23. The van der Waals surface area contributed by atoms with Gasteiger partial charge in [0.15, 0.2) is 11.5 Å². The quantitative estimate of drug-likeness (QED) is 0.238. The Morgan fingerprint density at radius 2 is 1.72 bits per heavy atom. The average Bonchev–Trinajstić information content (AvgIpc) is 2.90. The molecular formula is C29H30N2O4S. The van der Waals surface area contributed by atoms with Gasteiger partial charge in [0.1, 0.15) is 10.8 Å². The van der Waals surface area contributed by atoms with Crippen LogP contribution in [0.25, 0.3) is 10.9 Å². The number of rotatable bonds is 10. The number of fused-ring (bicyclic) bond motifs is 1. The van der Waals surface area contributed by atoms with E-state index < -0.39 is 0 Å². The number of carbonyl (C=O) groups is 1. The number of nitrogens with zero attached hydrogens (tertiary/aromatic N) is 2. The number of pyridine rings is 1. The Morgan fingerprint density at radius 1 is 0.944 bits per heavy atom. The Kier molecular flexibility index (Phi) is 8.33. The molecule has 6 nitrogen and oxygen atoms in total. The van der Waals surface area contributed by atoms with E-state index in [2.05, 4.69) is 6.07 Å². The number of anilines is 1. The highest BCUT2D eigenvalue weighted by Crippen LogP contribution is 2.30. The standard InChI is InChI=1S/C29H30N2O4S/c1-5-35-24-12-13-25-22(17-24)15-20(2)29(30-25)36-19-28(32)31(23-9-7-6-8-10-23)18-21-11-14-26(33-3)27(16-21)34-4/h6-17H,5,18-19H2,1-4H3. The minimum atomic E-state index is -0.00558. The molecule has 0 saturated carbocycles. The largest absolute Gasteiger partial charge is 0.494 e. The molecule has 0 saturated heterocycles. The first-order valence-corrected chi connectivity index (χ1v) is 12.7. The smallest absolute Gasteiger partial charge is 0.237 e. The number of aromatic nitrogens is 1. The van der Waals surface area contributed by atoms with Gasteiger partial charge >= 0.3 is 0 Å². The summed E-state index contributed by atoms with van der Waals surface area (Å²) >= 11 is 1.45. The molecule has 1 aromatic heterocycles. The van der Waals surface area contributed by atoms with Crippen molar-refractivity contribution in [2.75, 3.05) is 31.5 Å². The fraction of sp³-hybridized carbons (Fsp3) is 0.241. The van der Waals surface area contributed by atoms with Crippen LogP contribution in [0.3, 0.4) is 0 Å². The molecule has 36 heavy (non-hydrogen) atoms. The van der Waals surface area contributed by atoms with Crippen molar-refractivity contribution in [3.05, 3.63) is 83.9 Å². The molecule has 0 N–H and O–H groups in total. The molecule has 1 heterocycles. The normalized spacial score (nSPS) is 10.8. The first-order valence-electron chi connectivity index (χ1n) is 11.8. The monoisotopic (exact) mass is 502 g/mol. The van der Waals surface area contributed by atoms with Crippen LogP contribution in [0.15, 0.2) is 77.8 Å². The molecule has 4 aromatic rings. The van der Waals surface area contributed by atoms with Crippen LogP contribution < -0.4 is 19.1 Å². The maximum absolute atomic E-state index is 13.5. The Bertz CT molecular complexity index is 1340. The Balaban J connectivity index is 1.55. The summed E-state index contributed by atoms with van der Waals surface area (Å²) in [7, 11) is 3.21. The third-order valence-corrected chi connectivity index (χ3v) is 6.81. The minimum Gasteiger partial charge on any atom is -0.494 e. The van der Waals surface area contributed by atoms with E-state index in [-0.39, 0.29) is 11.7 Å². The van der Waals surface area contributed by atoms with Gasteiger partial charge in [-0.25, -0.2) is 4.98 Å². The van der Waals surface area contributed by atoms with Crippen LogP contribution in [0.2, 0.25) is 0 Å². The number of para-hydroxylation sites is 1. The number of benzene rings is 3. The molecular weight excluding hydrogens is 472 g/mol. The topological polar surface area (TPSA) is 60.9 Å². The van der Waals surface area contributed by atoms with Crippen LogP contribution in [0, 0.1) is 6.92 Å². The first-order chi connectivity index (χ1) is 17.5. The summed E-state index contributed by atoms with van der Waals surface area (Å²) in [6, 6.07) is 23.4. The third-order valence-electron chi connectivity index (χ3n) is 5.73. The lowest BCUT2D eigenvalue weighted by molar-refractivity contribution is -0.116. The summed E-state index contributed by atoms with van der Waals surface area (Å²) in [5.41, 5.74) is 3.69. The zero-order chi connectivity index (χ0) is 25.5. The molecule has 4 rings (SSSR count). The van der Waals surface area contributed by atoms with E-state index in [9.17, 15) is 4.79 Å². The predicted octanol–water partition coefficient (Wildman–Crippen LogP) is 6.28. The molecule has 0 spiro atoms. The lowest BCUT2D eigenvalue weighted by atomic mass is 10.1. The number of ether oxygens (including phenoxy) is 3. The van der Waals surface area contributed by atoms with Crippen molar-refractivity contribution in [3.8, 4) is 17.2 Å². The molecule has 0 aliphatic heterocycles. The van der Waals surface area contributed by atoms with E-state index in [0.29, 0.717) is 24.7 Å². The zero-order valence-electron chi connectivity index (χ0n) is 21.0. The van der Waals surface area contributed by atoms with E-state index in [4.69, 9.17) is 19.2 Å². The van der Waals surface area contributed by atoms with Gasteiger partial charge in [-0.15, -0.1) is 0 Å². The van der Waals surface area contributed by atoms with E-state index >= 15 is 0 Å². The van der Waals surface area contributed by atoms with Crippen molar-refractivity contribution < 1.29 is 19.0 Å². The summed E-state index contributed by atoms with van der Waals surface area (Å²) in [6.45, 7) is 5.02. The third kappa shape index (κ3) is 5.91. The summed E-state index contributed by atoms with van der Waals surface area (Å²) in [5.74, 6) is 2.37. The molecule has 1 amide bonds. The summed E-state index contributed by atoms with van der Waals surface area (Å²) in [5, 5.41) is 1.87. The first kappa shape index (κ1) is 25.4. The van der Waals surface area contributed by atoms with Crippen molar-refractivity contribution in [2.45, 2.75) is 25.4 Å². The van der Waals surface area contributed by atoms with E-state index in [1.807, 2.05) is 80.6 Å². The van der Waals surface area contributed by atoms with Crippen molar-refractivity contribution in [1.29, 1.82) is 0 Å². The minimum absolute atomic E-state index is 0.00558. The molecule has 0 aliphatic rings. The number of hydrogen-bond donors (Lipinski definition) is 0. The van der Waals surface area contributed by atoms with Crippen molar-refractivity contribution in [3.63, 3.8) is 0 Å². The SMILES string of the molecule is CCOc1ccc2nc(SCC(=O)N(Cc3ccc(OC)c(OC)c3)c3ccccc3)c(C)cc2c1. The van der Waals surface area contributed by atoms with Gasteiger partial charge < -0.3 is 19.1 Å². The fourth-order valence-electron chi connectivity index (χ4n) is 3.95. The van der Waals surface area contributed by atoms with E-state index in [0.717, 1.165) is 38.5 Å². The van der Waals surface area contributed by atoms with Gasteiger partial charge in [0.05, 0.1) is 38.6 Å². The number of aryl methyl sites for hydroxylation is 1. The highest BCUT2D eigenvalue weighted by Gasteiger charge is 2.19. The molecule has 0 atom stereocenters. The van der Waals surface area contributed by atoms with Crippen LogP contribution in [-0.2, 0) is 11.3 Å². The highest BCUT2D eigenvalue weighted by atomic mass is 32.2. The van der Waals surface area contributed by atoms with E-state index in [1.165, 1.54) is 11.8 Å². The highest BCUT2D eigenvalue weighted by molar-refractivity contribution is 8.00. The van der Waals surface area contributed by atoms with Crippen molar-refractivity contribution in [1.82, 2.24) is 4.98 Å². The molecule has 3 aromatic carbocycles. The Labute approximate surface area is 216 Å². The Morgan fingerprint density at radius 3 is 2.44 bits per heavy atom. The fourth-order valence-corrected chi connectivity index (χ4v) is 4.81.